The second-order valence-electron chi connectivity index (χ2n) is 2.71. The van der Waals surface area contributed by atoms with Gasteiger partial charge in [-0.3, -0.25) is 4.79 Å². The molecule has 0 unspecified atom stereocenters. The third-order valence-corrected chi connectivity index (χ3v) is 1.84. The topological polar surface area (TPSA) is 37.3 Å². The molecule has 2 heteroatoms. The fourth-order valence-electron chi connectivity index (χ4n) is 1.03. The smallest absolute Gasteiger partial charge is 0.150 e. The van der Waals surface area contributed by atoms with Crippen LogP contribution in [0.25, 0.3) is 0 Å². The highest BCUT2D eigenvalue weighted by Gasteiger charge is 2.02. The molecule has 0 aliphatic heterocycles. The summed E-state index contributed by atoms with van der Waals surface area (Å²) < 4.78 is 0. The van der Waals surface area contributed by atoms with Gasteiger partial charge in [-0.1, -0.05) is 31.2 Å². The van der Waals surface area contributed by atoms with Crippen LogP contribution < -0.4 is 0 Å². The second-order valence-corrected chi connectivity index (χ2v) is 2.71. The summed E-state index contributed by atoms with van der Waals surface area (Å²) >= 11 is 0. The van der Waals surface area contributed by atoms with E-state index in [1.54, 1.807) is 24.3 Å². The van der Waals surface area contributed by atoms with Crippen molar-refractivity contribution in [1.29, 1.82) is 0 Å². The summed E-state index contributed by atoms with van der Waals surface area (Å²) in [6, 6.07) is 6.97. The van der Waals surface area contributed by atoms with E-state index < -0.39 is 6.10 Å². The molecule has 0 aliphatic rings. The van der Waals surface area contributed by atoms with Gasteiger partial charge in [-0.25, -0.2) is 0 Å². The predicted molar refractivity (Wildman–Crippen MR) is 47.1 cm³/mol. The molecule has 0 saturated heterocycles. The summed E-state index contributed by atoms with van der Waals surface area (Å²) in [5, 5.41) is 9.40. The summed E-state index contributed by atoms with van der Waals surface area (Å²) in [7, 11) is 0. The van der Waals surface area contributed by atoms with Crippen LogP contribution in [0.4, 0.5) is 0 Å². The summed E-state index contributed by atoms with van der Waals surface area (Å²) in [6.45, 7) is 1.91. The zero-order chi connectivity index (χ0) is 8.97. The Bertz CT molecular complexity index is 251. The van der Waals surface area contributed by atoms with Gasteiger partial charge in [0.05, 0.1) is 6.10 Å². The van der Waals surface area contributed by atoms with Crippen molar-refractivity contribution in [2.45, 2.75) is 19.4 Å². The number of hydrogen-bond acceptors (Lipinski definition) is 2. The van der Waals surface area contributed by atoms with E-state index in [1.165, 1.54) is 0 Å². The van der Waals surface area contributed by atoms with Gasteiger partial charge in [0.2, 0.25) is 0 Å². The lowest BCUT2D eigenvalue weighted by molar-refractivity contribution is 0.112. The fourth-order valence-corrected chi connectivity index (χ4v) is 1.03. The molecule has 1 rings (SSSR count). The van der Waals surface area contributed by atoms with E-state index in [0.29, 0.717) is 12.0 Å². The Morgan fingerprint density at radius 3 is 2.42 bits per heavy atom. The van der Waals surface area contributed by atoms with E-state index in [0.717, 1.165) is 11.8 Å². The Hall–Kier alpha value is -1.15. The van der Waals surface area contributed by atoms with Crippen LogP contribution in [0.1, 0.15) is 35.4 Å². The molecule has 0 radical (unpaired) electrons. The highest BCUT2D eigenvalue weighted by atomic mass is 16.3. The molecule has 0 heterocycles. The number of rotatable bonds is 3. The van der Waals surface area contributed by atoms with Gasteiger partial charge in [0.1, 0.15) is 6.29 Å². The van der Waals surface area contributed by atoms with Gasteiger partial charge in [-0.05, 0) is 12.0 Å². The van der Waals surface area contributed by atoms with E-state index in [9.17, 15) is 9.90 Å². The van der Waals surface area contributed by atoms with Crippen molar-refractivity contribution < 1.29 is 9.90 Å². The van der Waals surface area contributed by atoms with Crippen molar-refractivity contribution in [3.05, 3.63) is 35.4 Å². The number of aliphatic hydroxyl groups is 1. The molecular formula is C10H12O2. The Morgan fingerprint density at radius 2 is 2.00 bits per heavy atom. The number of carbonyl (C=O) groups excluding carboxylic acids is 1. The molecule has 1 N–H and O–H groups in total. The van der Waals surface area contributed by atoms with E-state index in [1.807, 2.05) is 6.92 Å². The lowest BCUT2D eigenvalue weighted by atomic mass is 10.1. The molecule has 0 saturated carbocycles. The van der Waals surface area contributed by atoms with E-state index >= 15 is 0 Å². The van der Waals surface area contributed by atoms with Crippen LogP contribution in [0.15, 0.2) is 24.3 Å². The monoisotopic (exact) mass is 164 g/mol. The summed E-state index contributed by atoms with van der Waals surface area (Å²) in [5.41, 5.74) is 1.50. The van der Waals surface area contributed by atoms with Gasteiger partial charge >= 0.3 is 0 Å². The zero-order valence-electron chi connectivity index (χ0n) is 7.03. The first kappa shape index (κ1) is 8.94. The van der Waals surface area contributed by atoms with Crippen molar-refractivity contribution in [2.75, 3.05) is 0 Å². The van der Waals surface area contributed by atoms with Crippen molar-refractivity contribution >= 4 is 6.29 Å². The van der Waals surface area contributed by atoms with Gasteiger partial charge in [0, 0.05) is 5.56 Å². The van der Waals surface area contributed by atoms with Crippen LogP contribution in [-0.2, 0) is 0 Å². The van der Waals surface area contributed by atoms with Crippen molar-refractivity contribution in [1.82, 2.24) is 0 Å². The molecular weight excluding hydrogens is 152 g/mol. The molecule has 12 heavy (non-hydrogen) atoms. The van der Waals surface area contributed by atoms with Crippen LogP contribution in [0.3, 0.4) is 0 Å². The lowest BCUT2D eigenvalue weighted by Crippen LogP contribution is -1.94. The third-order valence-electron chi connectivity index (χ3n) is 1.84. The van der Waals surface area contributed by atoms with Gasteiger partial charge in [-0.2, -0.15) is 0 Å². The number of hydrogen-bond donors (Lipinski definition) is 1. The second kappa shape index (κ2) is 4.02. The molecule has 0 amide bonds. The lowest BCUT2D eigenvalue weighted by Gasteiger charge is -2.06. The maximum atomic E-state index is 10.3. The number of aliphatic hydroxyl groups excluding tert-OH is 1. The molecule has 2 nitrogen and oxygen atoms in total. The number of carbonyl (C=O) groups is 1. The highest BCUT2D eigenvalue weighted by Crippen LogP contribution is 2.15. The van der Waals surface area contributed by atoms with Crippen LogP contribution in [0, 0.1) is 0 Å². The first-order chi connectivity index (χ1) is 5.77. The van der Waals surface area contributed by atoms with Crippen molar-refractivity contribution in [2.24, 2.45) is 0 Å². The fraction of sp³-hybridized carbons (Fsp3) is 0.300. The Morgan fingerprint density at radius 1 is 1.42 bits per heavy atom. The molecule has 0 aliphatic carbocycles. The minimum Gasteiger partial charge on any atom is -0.388 e. The van der Waals surface area contributed by atoms with E-state index in [-0.39, 0.29) is 0 Å². The maximum Gasteiger partial charge on any atom is 0.150 e. The van der Waals surface area contributed by atoms with Gasteiger partial charge in [0.25, 0.3) is 0 Å². The molecule has 0 fully saturated rings. The summed E-state index contributed by atoms with van der Waals surface area (Å²) in [6.07, 6.45) is 1.08. The van der Waals surface area contributed by atoms with Crippen LogP contribution >= 0.6 is 0 Å². The minimum atomic E-state index is -0.411. The van der Waals surface area contributed by atoms with Gasteiger partial charge in [0.15, 0.2) is 0 Å². The average molecular weight is 164 g/mol. The molecule has 1 aromatic rings. The Kier molecular flexibility index (Phi) is 3.00. The molecule has 1 aromatic carbocycles. The number of aldehydes is 1. The minimum absolute atomic E-state index is 0.411. The Balaban J connectivity index is 2.84. The largest absolute Gasteiger partial charge is 0.388 e. The summed E-state index contributed by atoms with van der Waals surface area (Å²) in [5.74, 6) is 0. The Labute approximate surface area is 71.8 Å². The molecule has 0 bridgehead atoms. The SMILES string of the molecule is CC[C@H](O)c1ccc(C=O)cc1. The van der Waals surface area contributed by atoms with Gasteiger partial charge in [-0.15, -0.1) is 0 Å². The van der Waals surface area contributed by atoms with E-state index in [2.05, 4.69) is 0 Å². The molecule has 64 valence electrons. The van der Waals surface area contributed by atoms with E-state index in [4.69, 9.17) is 0 Å². The average Bonchev–Trinajstić information content (AvgIpc) is 2.17. The summed E-state index contributed by atoms with van der Waals surface area (Å²) in [4.78, 5) is 10.3. The first-order valence-electron chi connectivity index (χ1n) is 4.01. The predicted octanol–water partition coefficient (Wildman–Crippen LogP) is 1.94. The normalized spacial score (nSPS) is 12.5. The van der Waals surface area contributed by atoms with Crippen LogP contribution in [-0.4, -0.2) is 11.4 Å². The van der Waals surface area contributed by atoms with Crippen molar-refractivity contribution in [3.8, 4) is 0 Å². The highest BCUT2D eigenvalue weighted by molar-refractivity contribution is 5.74. The molecule has 1 atom stereocenters. The van der Waals surface area contributed by atoms with Crippen LogP contribution in [0.2, 0.25) is 0 Å². The zero-order valence-corrected chi connectivity index (χ0v) is 7.03. The molecule has 0 aromatic heterocycles. The molecule has 0 spiro atoms. The maximum absolute atomic E-state index is 10.3. The number of benzene rings is 1. The van der Waals surface area contributed by atoms with Crippen molar-refractivity contribution in [3.63, 3.8) is 0 Å². The third kappa shape index (κ3) is 1.92. The standard InChI is InChI=1S/C10H12O2/c1-2-10(12)9-5-3-8(7-11)4-6-9/h3-7,10,12H,2H2,1H3/t10-/m0/s1. The quantitative estimate of drug-likeness (QED) is 0.693. The van der Waals surface area contributed by atoms with Crippen LogP contribution in [0.5, 0.6) is 0 Å². The first-order valence-corrected chi connectivity index (χ1v) is 4.01. The van der Waals surface area contributed by atoms with Gasteiger partial charge < -0.3 is 5.11 Å².